The Morgan fingerprint density at radius 1 is 1.07 bits per heavy atom. The van der Waals surface area contributed by atoms with E-state index in [1.807, 2.05) is 36.9 Å². The minimum absolute atomic E-state index is 0.271. The maximum absolute atomic E-state index is 12.5. The molecule has 0 spiro atoms. The fourth-order valence-corrected chi connectivity index (χ4v) is 3.22. The molecule has 0 unspecified atom stereocenters. The maximum Gasteiger partial charge on any atom is 0.276 e. The van der Waals surface area contributed by atoms with Crippen molar-refractivity contribution in [2.75, 3.05) is 5.32 Å². The molecule has 0 fully saturated rings. The molecular weight excluding hydrogens is 366 g/mol. The van der Waals surface area contributed by atoms with E-state index in [9.17, 15) is 4.79 Å². The molecule has 0 saturated carbocycles. The van der Waals surface area contributed by atoms with Crippen molar-refractivity contribution in [3.63, 3.8) is 0 Å². The van der Waals surface area contributed by atoms with Crippen LogP contribution in [0, 0.1) is 20.8 Å². The van der Waals surface area contributed by atoms with E-state index in [1.54, 1.807) is 27.8 Å². The normalized spacial score (nSPS) is 11.0. The average Bonchev–Trinajstić information content (AvgIpc) is 3.37. The first kappa shape index (κ1) is 18.7. The summed E-state index contributed by atoms with van der Waals surface area (Å²) in [4.78, 5) is 12.5. The zero-order chi connectivity index (χ0) is 20.4. The summed E-state index contributed by atoms with van der Waals surface area (Å²) in [6, 6.07) is 12.0. The Bertz CT molecular complexity index is 1150. The highest BCUT2D eigenvalue weighted by molar-refractivity contribution is 6.02. The molecule has 8 nitrogen and oxygen atoms in total. The molecule has 148 valence electrons. The van der Waals surface area contributed by atoms with Crippen LogP contribution in [0.25, 0.3) is 0 Å². The minimum Gasteiger partial charge on any atom is -0.318 e. The van der Waals surface area contributed by atoms with Crippen molar-refractivity contribution >= 4 is 11.6 Å². The van der Waals surface area contributed by atoms with Crippen molar-refractivity contribution in [3.8, 4) is 0 Å². The van der Waals surface area contributed by atoms with Gasteiger partial charge >= 0.3 is 0 Å². The van der Waals surface area contributed by atoms with Crippen LogP contribution in [-0.2, 0) is 13.2 Å². The third kappa shape index (κ3) is 4.43. The lowest BCUT2D eigenvalue weighted by Crippen LogP contribution is -2.15. The van der Waals surface area contributed by atoms with Gasteiger partial charge in [0, 0.05) is 18.1 Å². The van der Waals surface area contributed by atoms with E-state index < -0.39 is 0 Å². The number of amides is 1. The maximum atomic E-state index is 12.5. The van der Waals surface area contributed by atoms with Gasteiger partial charge in [0.25, 0.3) is 5.91 Å². The molecule has 1 aromatic carbocycles. The predicted molar refractivity (Wildman–Crippen MR) is 110 cm³/mol. The predicted octanol–water partition coefficient (Wildman–Crippen LogP) is 3.01. The van der Waals surface area contributed by atoms with Crippen molar-refractivity contribution in [3.05, 3.63) is 83.2 Å². The van der Waals surface area contributed by atoms with E-state index in [1.165, 1.54) is 5.56 Å². The zero-order valence-electron chi connectivity index (χ0n) is 16.7. The van der Waals surface area contributed by atoms with E-state index in [4.69, 9.17) is 0 Å². The number of nitrogens with zero attached hydrogens (tertiary/aromatic N) is 6. The lowest BCUT2D eigenvalue weighted by molar-refractivity contribution is 0.102. The van der Waals surface area contributed by atoms with Crippen LogP contribution in [0.2, 0.25) is 0 Å². The quantitative estimate of drug-likeness (QED) is 0.550. The fourth-order valence-electron chi connectivity index (χ4n) is 3.22. The fraction of sp³-hybridized carbons (Fsp3) is 0.238. The molecule has 0 aliphatic rings. The molecule has 0 aliphatic heterocycles. The third-order valence-electron chi connectivity index (χ3n) is 4.57. The van der Waals surface area contributed by atoms with E-state index >= 15 is 0 Å². The molecule has 0 atom stereocenters. The van der Waals surface area contributed by atoms with Gasteiger partial charge in [0.05, 0.1) is 24.1 Å². The second kappa shape index (κ2) is 7.75. The SMILES string of the molecule is Cc1cccc(Cn2cc(NC(=O)c3ccn(Cn4nc(C)cc4C)n3)cn2)c1. The Morgan fingerprint density at radius 3 is 2.69 bits per heavy atom. The number of hydrogen-bond donors (Lipinski definition) is 1. The van der Waals surface area contributed by atoms with Crippen LogP contribution in [0.5, 0.6) is 0 Å². The van der Waals surface area contributed by atoms with Gasteiger partial charge in [0.15, 0.2) is 5.69 Å². The van der Waals surface area contributed by atoms with Gasteiger partial charge in [-0.25, -0.2) is 4.68 Å². The summed E-state index contributed by atoms with van der Waals surface area (Å²) in [5.41, 5.74) is 5.35. The average molecular weight is 389 g/mol. The van der Waals surface area contributed by atoms with Gasteiger partial charge in [-0.05, 0) is 38.5 Å². The van der Waals surface area contributed by atoms with Crippen LogP contribution >= 0.6 is 0 Å². The second-order valence-electron chi connectivity index (χ2n) is 7.18. The van der Waals surface area contributed by atoms with E-state index in [-0.39, 0.29) is 5.91 Å². The van der Waals surface area contributed by atoms with Crippen LogP contribution in [0.15, 0.2) is 55.0 Å². The number of benzene rings is 1. The number of nitrogens with one attached hydrogen (secondary N) is 1. The van der Waals surface area contributed by atoms with Gasteiger partial charge in [-0.3, -0.25) is 14.2 Å². The highest BCUT2D eigenvalue weighted by atomic mass is 16.2. The third-order valence-corrected chi connectivity index (χ3v) is 4.57. The van der Waals surface area contributed by atoms with Crippen molar-refractivity contribution in [1.82, 2.24) is 29.3 Å². The van der Waals surface area contributed by atoms with Gasteiger partial charge in [-0.15, -0.1) is 0 Å². The molecular formula is C21H23N7O. The lowest BCUT2D eigenvalue weighted by atomic mass is 10.1. The Morgan fingerprint density at radius 2 is 1.93 bits per heavy atom. The molecule has 3 heterocycles. The van der Waals surface area contributed by atoms with Crippen molar-refractivity contribution in [2.45, 2.75) is 34.0 Å². The molecule has 0 bridgehead atoms. The van der Waals surface area contributed by atoms with Gasteiger partial charge in [-0.2, -0.15) is 15.3 Å². The number of rotatable bonds is 6. The highest BCUT2D eigenvalue weighted by Crippen LogP contribution is 2.11. The van der Waals surface area contributed by atoms with Crippen LogP contribution in [-0.4, -0.2) is 35.2 Å². The summed E-state index contributed by atoms with van der Waals surface area (Å²) in [5.74, 6) is -0.271. The summed E-state index contributed by atoms with van der Waals surface area (Å²) in [7, 11) is 0. The molecule has 0 saturated heterocycles. The molecule has 4 rings (SSSR count). The largest absolute Gasteiger partial charge is 0.318 e. The Kier molecular flexibility index (Phi) is 4.99. The molecule has 0 radical (unpaired) electrons. The first-order valence-corrected chi connectivity index (χ1v) is 9.40. The first-order valence-electron chi connectivity index (χ1n) is 9.40. The highest BCUT2D eigenvalue weighted by Gasteiger charge is 2.12. The smallest absolute Gasteiger partial charge is 0.276 e. The minimum atomic E-state index is -0.271. The molecule has 0 aliphatic carbocycles. The molecule has 29 heavy (non-hydrogen) atoms. The molecule has 3 aromatic heterocycles. The van der Waals surface area contributed by atoms with E-state index in [0.717, 1.165) is 17.0 Å². The van der Waals surface area contributed by atoms with Crippen LogP contribution < -0.4 is 5.32 Å². The number of hydrogen-bond acceptors (Lipinski definition) is 4. The van der Waals surface area contributed by atoms with Gasteiger partial charge < -0.3 is 5.32 Å². The van der Waals surface area contributed by atoms with Gasteiger partial charge in [0.2, 0.25) is 0 Å². The lowest BCUT2D eigenvalue weighted by Gasteiger charge is -2.04. The molecule has 1 amide bonds. The van der Waals surface area contributed by atoms with Gasteiger partial charge in [-0.1, -0.05) is 29.8 Å². The summed E-state index contributed by atoms with van der Waals surface area (Å²) in [5, 5.41) is 15.9. The van der Waals surface area contributed by atoms with Crippen molar-refractivity contribution < 1.29 is 4.79 Å². The number of carbonyl (C=O) groups excluding carboxylic acids is 1. The summed E-state index contributed by atoms with van der Waals surface area (Å²) in [6.07, 6.45) is 5.22. The monoisotopic (exact) mass is 389 g/mol. The Hall–Kier alpha value is -3.68. The Labute approximate surface area is 168 Å². The molecule has 8 heteroatoms. The summed E-state index contributed by atoms with van der Waals surface area (Å²) < 4.78 is 5.33. The molecule has 4 aromatic rings. The Balaban J connectivity index is 1.39. The van der Waals surface area contributed by atoms with E-state index in [2.05, 4.69) is 45.7 Å². The second-order valence-corrected chi connectivity index (χ2v) is 7.18. The van der Waals surface area contributed by atoms with Crippen LogP contribution in [0.4, 0.5) is 5.69 Å². The van der Waals surface area contributed by atoms with Crippen LogP contribution in [0.3, 0.4) is 0 Å². The summed E-state index contributed by atoms with van der Waals surface area (Å²) >= 11 is 0. The molecule has 1 N–H and O–H groups in total. The van der Waals surface area contributed by atoms with E-state index in [0.29, 0.717) is 24.6 Å². The van der Waals surface area contributed by atoms with Crippen LogP contribution in [0.1, 0.15) is 33.0 Å². The topological polar surface area (TPSA) is 82.6 Å². The van der Waals surface area contributed by atoms with Crippen molar-refractivity contribution in [1.29, 1.82) is 0 Å². The first-order chi connectivity index (χ1) is 14.0. The standard InChI is InChI=1S/C21H23N7O/c1-15-5-4-6-18(9-15)12-27-13-19(11-22-27)23-21(29)20-7-8-26(25-20)14-28-17(3)10-16(2)24-28/h4-11,13H,12,14H2,1-3H3,(H,23,29). The zero-order valence-corrected chi connectivity index (χ0v) is 16.7. The van der Waals surface area contributed by atoms with Crippen molar-refractivity contribution in [2.24, 2.45) is 0 Å². The number of aromatic nitrogens is 6. The number of anilines is 1. The number of aryl methyl sites for hydroxylation is 3. The summed E-state index contributed by atoms with van der Waals surface area (Å²) in [6.45, 7) is 7.11. The number of carbonyl (C=O) groups is 1. The van der Waals surface area contributed by atoms with Gasteiger partial charge in [0.1, 0.15) is 6.67 Å².